The molecule has 0 spiro atoms. The van der Waals surface area contributed by atoms with Crippen LogP contribution in [0.15, 0.2) is 34.0 Å². The van der Waals surface area contributed by atoms with Crippen LogP contribution in [0, 0.1) is 0 Å². The predicted octanol–water partition coefficient (Wildman–Crippen LogP) is 2.17. The molecule has 4 nitrogen and oxygen atoms in total. The maximum atomic E-state index is 9.09. The average Bonchev–Trinajstić information content (AvgIpc) is 2.40. The number of hydrogen-bond donors (Lipinski definition) is 2. The predicted molar refractivity (Wildman–Crippen MR) is 83.3 cm³/mol. The molecule has 0 amide bonds. The summed E-state index contributed by atoms with van der Waals surface area (Å²) in [6.07, 6.45) is 3.33. The van der Waals surface area contributed by atoms with Gasteiger partial charge in [0.15, 0.2) is 0 Å². The van der Waals surface area contributed by atoms with Crippen molar-refractivity contribution in [2.75, 3.05) is 26.9 Å². The lowest BCUT2D eigenvalue weighted by Gasteiger charge is -2.10. The van der Waals surface area contributed by atoms with Crippen LogP contribution in [0.5, 0.6) is 0 Å². The highest BCUT2D eigenvalue weighted by atomic mass is 31.1. The highest BCUT2D eigenvalue weighted by molar-refractivity contribution is 7.58. The molecule has 0 heterocycles. The summed E-state index contributed by atoms with van der Waals surface area (Å²) in [5, 5.41) is 12.2. The summed E-state index contributed by atoms with van der Waals surface area (Å²) in [7, 11) is 4.24. The fourth-order valence-electron chi connectivity index (χ4n) is 1.45. The topological polar surface area (TPSA) is 57.0 Å². The molecule has 0 saturated carbocycles. The fraction of sp³-hybridized carbons (Fsp3) is 0.538. The van der Waals surface area contributed by atoms with Gasteiger partial charge >= 0.3 is 0 Å². The van der Waals surface area contributed by atoms with E-state index in [2.05, 4.69) is 28.8 Å². The SMILES string of the molecule is C=CN=C(CO)PCCC(=NC)/C(C)=C(\C)NC. The van der Waals surface area contributed by atoms with E-state index in [4.69, 9.17) is 5.11 Å². The summed E-state index contributed by atoms with van der Waals surface area (Å²) in [5.74, 6) is 0. The van der Waals surface area contributed by atoms with E-state index >= 15 is 0 Å². The van der Waals surface area contributed by atoms with E-state index < -0.39 is 0 Å². The van der Waals surface area contributed by atoms with Crippen LogP contribution in [0.1, 0.15) is 20.3 Å². The molecule has 0 bridgehead atoms. The molecular formula is C13H24N3OP. The number of nitrogens with zero attached hydrogens (tertiary/aromatic N) is 2. The quantitative estimate of drug-likeness (QED) is 0.524. The number of allylic oxidation sites excluding steroid dienone is 2. The summed E-state index contributed by atoms with van der Waals surface area (Å²) in [5.41, 5.74) is 4.23. The first-order chi connectivity index (χ1) is 8.60. The molecule has 0 aromatic carbocycles. The molecule has 18 heavy (non-hydrogen) atoms. The van der Waals surface area contributed by atoms with Crippen LogP contribution < -0.4 is 5.32 Å². The third-order valence-corrected chi connectivity index (χ3v) is 3.92. The van der Waals surface area contributed by atoms with Crippen LogP contribution in [0.3, 0.4) is 0 Å². The largest absolute Gasteiger partial charge is 0.391 e. The molecule has 0 saturated heterocycles. The van der Waals surface area contributed by atoms with Gasteiger partial charge in [0.1, 0.15) is 0 Å². The summed E-state index contributed by atoms with van der Waals surface area (Å²) in [6.45, 7) is 7.66. The van der Waals surface area contributed by atoms with Crippen molar-refractivity contribution < 1.29 is 5.11 Å². The van der Waals surface area contributed by atoms with Gasteiger partial charge in [-0.3, -0.25) is 9.98 Å². The Morgan fingerprint density at radius 3 is 2.56 bits per heavy atom. The molecule has 1 unspecified atom stereocenters. The van der Waals surface area contributed by atoms with Gasteiger partial charge in [-0.1, -0.05) is 15.2 Å². The second-order valence-electron chi connectivity index (χ2n) is 3.76. The van der Waals surface area contributed by atoms with Crippen LogP contribution in [0.4, 0.5) is 0 Å². The van der Waals surface area contributed by atoms with Crippen molar-refractivity contribution in [3.05, 3.63) is 24.0 Å². The number of aliphatic hydroxyl groups excluding tert-OH is 1. The molecule has 0 rings (SSSR count). The van der Waals surface area contributed by atoms with E-state index in [1.807, 2.05) is 21.0 Å². The summed E-state index contributed by atoms with van der Waals surface area (Å²) in [6, 6.07) is 0. The van der Waals surface area contributed by atoms with E-state index in [0.717, 1.165) is 29.4 Å². The third kappa shape index (κ3) is 6.08. The minimum Gasteiger partial charge on any atom is -0.391 e. The Bertz CT molecular complexity index is 359. The molecule has 5 heteroatoms. The smallest absolute Gasteiger partial charge is 0.0853 e. The van der Waals surface area contributed by atoms with Gasteiger partial charge in [0.05, 0.1) is 12.1 Å². The molecule has 0 aliphatic carbocycles. The number of nitrogens with one attached hydrogen (secondary N) is 1. The number of aliphatic imine (C=N–C) groups is 2. The normalized spacial score (nSPS) is 14.9. The van der Waals surface area contributed by atoms with Crippen LogP contribution in [-0.2, 0) is 0 Å². The maximum absolute atomic E-state index is 9.09. The van der Waals surface area contributed by atoms with Gasteiger partial charge in [-0.25, -0.2) is 0 Å². The Labute approximate surface area is 112 Å². The average molecular weight is 269 g/mol. The molecule has 2 N–H and O–H groups in total. The van der Waals surface area contributed by atoms with Gasteiger partial charge in [0.2, 0.25) is 0 Å². The highest BCUT2D eigenvalue weighted by Crippen LogP contribution is 2.17. The first-order valence-corrected chi connectivity index (χ1v) is 7.14. The van der Waals surface area contributed by atoms with Gasteiger partial charge in [-0.2, -0.15) is 0 Å². The molecule has 0 fully saturated rings. The Morgan fingerprint density at radius 1 is 1.44 bits per heavy atom. The summed E-state index contributed by atoms with van der Waals surface area (Å²) >= 11 is 0. The molecular weight excluding hydrogens is 245 g/mol. The van der Waals surface area contributed by atoms with Crippen LogP contribution in [0.25, 0.3) is 0 Å². The molecule has 0 aromatic heterocycles. The lowest BCUT2D eigenvalue weighted by molar-refractivity contribution is 0.360. The molecule has 0 aliphatic heterocycles. The van der Waals surface area contributed by atoms with Crippen LogP contribution >= 0.6 is 8.58 Å². The van der Waals surface area contributed by atoms with Crippen molar-refractivity contribution in [3.63, 3.8) is 0 Å². The first kappa shape index (κ1) is 17.0. The standard InChI is InChI=1S/C13H24N3OP/c1-6-16-13(9-17)18-8-7-12(15-5)10(2)11(3)14-4/h6,14,17-18H,1,7-9H2,2-5H3/b11-10+,15-12?,16-13?. The lowest BCUT2D eigenvalue weighted by Crippen LogP contribution is -2.12. The molecule has 102 valence electrons. The van der Waals surface area contributed by atoms with Crippen molar-refractivity contribution in [2.24, 2.45) is 9.98 Å². The van der Waals surface area contributed by atoms with Crippen LogP contribution in [-0.4, -0.2) is 43.1 Å². The van der Waals surface area contributed by atoms with Crippen LogP contribution in [0.2, 0.25) is 0 Å². The van der Waals surface area contributed by atoms with Crippen molar-refractivity contribution in [1.82, 2.24) is 5.32 Å². The number of aliphatic hydroxyl groups is 1. The molecule has 0 aliphatic rings. The Hall–Kier alpha value is -0.990. The molecule has 1 atom stereocenters. The van der Waals surface area contributed by atoms with Crippen molar-refractivity contribution in [3.8, 4) is 0 Å². The second-order valence-corrected chi connectivity index (χ2v) is 5.19. The van der Waals surface area contributed by atoms with Gasteiger partial charge in [0, 0.05) is 31.7 Å². The van der Waals surface area contributed by atoms with E-state index in [-0.39, 0.29) is 6.61 Å². The monoisotopic (exact) mass is 269 g/mol. The first-order valence-electron chi connectivity index (χ1n) is 5.94. The van der Waals surface area contributed by atoms with Gasteiger partial charge in [-0.15, -0.1) is 0 Å². The summed E-state index contributed by atoms with van der Waals surface area (Å²) in [4.78, 5) is 8.37. The van der Waals surface area contributed by atoms with E-state index in [9.17, 15) is 0 Å². The maximum Gasteiger partial charge on any atom is 0.0853 e. The number of rotatable bonds is 8. The number of hydrogen-bond acceptors (Lipinski definition) is 4. The van der Waals surface area contributed by atoms with Crippen molar-refractivity contribution in [2.45, 2.75) is 20.3 Å². The zero-order valence-corrected chi connectivity index (χ0v) is 12.7. The third-order valence-electron chi connectivity index (χ3n) is 2.73. The second kappa shape index (κ2) is 9.98. The van der Waals surface area contributed by atoms with E-state index in [0.29, 0.717) is 8.58 Å². The zero-order chi connectivity index (χ0) is 14.0. The van der Waals surface area contributed by atoms with Crippen molar-refractivity contribution >= 4 is 19.7 Å². The minimum absolute atomic E-state index is 0.00737. The lowest BCUT2D eigenvalue weighted by atomic mass is 10.1. The molecule has 0 aromatic rings. The van der Waals surface area contributed by atoms with Crippen molar-refractivity contribution in [1.29, 1.82) is 0 Å². The Morgan fingerprint density at radius 2 is 2.11 bits per heavy atom. The molecule has 0 radical (unpaired) electrons. The van der Waals surface area contributed by atoms with Gasteiger partial charge < -0.3 is 10.4 Å². The van der Waals surface area contributed by atoms with E-state index in [1.165, 1.54) is 11.8 Å². The van der Waals surface area contributed by atoms with E-state index in [1.54, 1.807) is 0 Å². The van der Waals surface area contributed by atoms with Gasteiger partial charge in [-0.05, 0) is 32.0 Å². The Balaban J connectivity index is 4.44. The minimum atomic E-state index is 0.00737. The Kier molecular flexibility index (Phi) is 9.43. The fourth-order valence-corrected chi connectivity index (χ4v) is 2.39. The zero-order valence-electron chi connectivity index (χ0n) is 11.7. The highest BCUT2D eigenvalue weighted by Gasteiger charge is 2.05. The summed E-state index contributed by atoms with van der Waals surface area (Å²) < 4.78 is 0. The van der Waals surface area contributed by atoms with Gasteiger partial charge in [0.25, 0.3) is 0 Å².